The van der Waals surface area contributed by atoms with Gasteiger partial charge < -0.3 is 10.0 Å². The molecule has 1 rings (SSSR count). The molecule has 1 heterocycles. The van der Waals surface area contributed by atoms with Gasteiger partial charge >= 0.3 is 18.1 Å². The molecular formula is C10H14F3NO3S. The number of carboxylic acids is 1. The number of thioether (sulfide) groups is 1. The van der Waals surface area contributed by atoms with Crippen molar-refractivity contribution in [3.8, 4) is 0 Å². The zero-order valence-electron chi connectivity index (χ0n) is 9.95. The van der Waals surface area contributed by atoms with Crippen LogP contribution in [0.1, 0.15) is 26.7 Å². The van der Waals surface area contributed by atoms with Gasteiger partial charge in [0.2, 0.25) is 0 Å². The van der Waals surface area contributed by atoms with Crippen LogP contribution >= 0.6 is 11.8 Å². The molecule has 1 amide bonds. The predicted molar refractivity (Wildman–Crippen MR) is 60.1 cm³/mol. The highest BCUT2D eigenvalue weighted by atomic mass is 32.2. The Morgan fingerprint density at radius 3 is 2.22 bits per heavy atom. The van der Waals surface area contributed by atoms with Crippen LogP contribution < -0.4 is 0 Å². The smallest absolute Gasteiger partial charge is 0.471 e. The van der Waals surface area contributed by atoms with Gasteiger partial charge in [-0.15, -0.1) is 11.8 Å². The third-order valence-corrected chi connectivity index (χ3v) is 4.91. The standard InChI is InChI=1S/C10H14F3NO3S/c1-3-9(4-2)14(8(17)10(11,12)13)6(5-18-9)7(15)16/h6H,3-5H2,1-2H3,(H,15,16). The lowest BCUT2D eigenvalue weighted by molar-refractivity contribution is -0.192. The van der Waals surface area contributed by atoms with Crippen molar-refractivity contribution in [2.24, 2.45) is 0 Å². The van der Waals surface area contributed by atoms with Crippen LogP contribution in [0.25, 0.3) is 0 Å². The molecule has 1 saturated heterocycles. The van der Waals surface area contributed by atoms with E-state index in [9.17, 15) is 22.8 Å². The quantitative estimate of drug-likeness (QED) is 0.862. The van der Waals surface area contributed by atoms with E-state index in [0.29, 0.717) is 4.90 Å². The average Bonchev–Trinajstić information content (AvgIpc) is 2.66. The van der Waals surface area contributed by atoms with Crippen molar-refractivity contribution in [1.29, 1.82) is 0 Å². The fraction of sp³-hybridized carbons (Fsp3) is 0.800. The Kier molecular flexibility index (Phi) is 4.19. The van der Waals surface area contributed by atoms with Gasteiger partial charge in [0, 0.05) is 5.75 Å². The first-order valence-corrected chi connectivity index (χ1v) is 6.45. The number of carbonyl (C=O) groups is 2. The van der Waals surface area contributed by atoms with E-state index < -0.39 is 29.0 Å². The molecule has 1 aliphatic rings. The van der Waals surface area contributed by atoms with Gasteiger partial charge in [0.25, 0.3) is 0 Å². The van der Waals surface area contributed by atoms with Crippen molar-refractivity contribution in [1.82, 2.24) is 4.90 Å². The van der Waals surface area contributed by atoms with Crippen molar-refractivity contribution in [3.63, 3.8) is 0 Å². The van der Waals surface area contributed by atoms with Gasteiger partial charge in [0.1, 0.15) is 6.04 Å². The molecular weight excluding hydrogens is 271 g/mol. The Bertz CT molecular complexity index is 355. The van der Waals surface area contributed by atoms with E-state index >= 15 is 0 Å². The number of aliphatic carboxylic acids is 1. The van der Waals surface area contributed by atoms with Crippen molar-refractivity contribution in [3.05, 3.63) is 0 Å². The van der Waals surface area contributed by atoms with Crippen LogP contribution in [0.5, 0.6) is 0 Å². The molecule has 1 unspecified atom stereocenters. The average molecular weight is 285 g/mol. The SMILES string of the molecule is CCC1(CC)SCC(C(=O)O)N1C(=O)C(F)(F)F. The summed E-state index contributed by atoms with van der Waals surface area (Å²) in [5.74, 6) is -3.48. The minimum absolute atomic E-state index is 0.0150. The summed E-state index contributed by atoms with van der Waals surface area (Å²) >= 11 is 1.10. The first-order valence-electron chi connectivity index (χ1n) is 5.47. The predicted octanol–water partition coefficient (Wildman–Crippen LogP) is 2.09. The Morgan fingerprint density at radius 2 is 1.89 bits per heavy atom. The number of alkyl halides is 3. The molecule has 0 saturated carbocycles. The summed E-state index contributed by atoms with van der Waals surface area (Å²) in [4.78, 5) is 21.9. The van der Waals surface area contributed by atoms with Gasteiger partial charge in [0.05, 0.1) is 4.87 Å². The van der Waals surface area contributed by atoms with Gasteiger partial charge in [-0.1, -0.05) is 13.8 Å². The number of hydrogen-bond acceptors (Lipinski definition) is 3. The highest BCUT2D eigenvalue weighted by Crippen LogP contribution is 2.46. The Balaban J connectivity index is 3.18. The highest BCUT2D eigenvalue weighted by Gasteiger charge is 2.56. The van der Waals surface area contributed by atoms with Crippen LogP contribution in [0.3, 0.4) is 0 Å². The largest absolute Gasteiger partial charge is 0.480 e. The zero-order chi connectivity index (χ0) is 14.1. The van der Waals surface area contributed by atoms with Gasteiger partial charge in [-0.3, -0.25) is 4.79 Å². The summed E-state index contributed by atoms with van der Waals surface area (Å²) in [7, 11) is 0. The second-order valence-corrected chi connectivity index (χ2v) is 5.37. The number of amides is 1. The molecule has 0 bridgehead atoms. The maximum atomic E-state index is 12.6. The summed E-state index contributed by atoms with van der Waals surface area (Å²) in [6, 6.07) is -1.41. The molecule has 1 fully saturated rings. The van der Waals surface area contributed by atoms with E-state index in [1.165, 1.54) is 0 Å². The molecule has 104 valence electrons. The van der Waals surface area contributed by atoms with E-state index in [4.69, 9.17) is 5.11 Å². The van der Waals surface area contributed by atoms with E-state index in [1.54, 1.807) is 13.8 Å². The molecule has 18 heavy (non-hydrogen) atoms. The molecule has 0 aromatic carbocycles. The molecule has 0 aromatic rings. The van der Waals surface area contributed by atoms with Crippen LogP contribution in [-0.4, -0.2) is 44.7 Å². The van der Waals surface area contributed by atoms with E-state index in [0.717, 1.165) is 11.8 Å². The lowest BCUT2D eigenvalue weighted by Gasteiger charge is -2.38. The monoisotopic (exact) mass is 285 g/mol. The normalized spacial score (nSPS) is 23.2. The maximum Gasteiger partial charge on any atom is 0.471 e. The number of rotatable bonds is 3. The summed E-state index contributed by atoms with van der Waals surface area (Å²) in [5, 5.41) is 8.95. The van der Waals surface area contributed by atoms with Crippen molar-refractivity contribution >= 4 is 23.6 Å². The third kappa shape index (κ3) is 2.43. The van der Waals surface area contributed by atoms with Crippen molar-refractivity contribution in [2.45, 2.75) is 43.8 Å². The molecule has 1 aliphatic heterocycles. The summed E-state index contributed by atoms with van der Waals surface area (Å²) in [5.41, 5.74) is 0. The van der Waals surface area contributed by atoms with Crippen LogP contribution in [0.15, 0.2) is 0 Å². The Labute approximate surface area is 107 Å². The number of carboxylic acid groups (broad SMARTS) is 1. The number of halogens is 3. The number of hydrogen-bond donors (Lipinski definition) is 1. The van der Waals surface area contributed by atoms with E-state index in [2.05, 4.69) is 0 Å². The summed E-state index contributed by atoms with van der Waals surface area (Å²) in [6.45, 7) is 3.30. The second kappa shape index (κ2) is 4.99. The Morgan fingerprint density at radius 1 is 1.39 bits per heavy atom. The van der Waals surface area contributed by atoms with Gasteiger partial charge in [-0.05, 0) is 12.8 Å². The lowest BCUT2D eigenvalue weighted by atomic mass is 10.1. The fourth-order valence-corrected chi connectivity index (χ4v) is 3.62. The molecule has 1 atom stereocenters. The van der Waals surface area contributed by atoms with Crippen LogP contribution in [0.4, 0.5) is 13.2 Å². The van der Waals surface area contributed by atoms with E-state index in [-0.39, 0.29) is 18.6 Å². The first-order chi connectivity index (χ1) is 8.19. The zero-order valence-corrected chi connectivity index (χ0v) is 10.8. The maximum absolute atomic E-state index is 12.6. The number of nitrogens with zero attached hydrogens (tertiary/aromatic N) is 1. The van der Waals surface area contributed by atoms with Crippen LogP contribution in [-0.2, 0) is 9.59 Å². The van der Waals surface area contributed by atoms with Gasteiger partial charge in [-0.2, -0.15) is 13.2 Å². The summed E-state index contributed by atoms with van der Waals surface area (Å²) in [6.07, 6.45) is -4.49. The number of carbonyl (C=O) groups excluding carboxylic acids is 1. The molecule has 0 aromatic heterocycles. The minimum atomic E-state index is -5.05. The minimum Gasteiger partial charge on any atom is -0.480 e. The topological polar surface area (TPSA) is 57.6 Å². The first kappa shape index (κ1) is 15.1. The second-order valence-electron chi connectivity index (χ2n) is 3.99. The third-order valence-electron chi connectivity index (χ3n) is 3.11. The van der Waals surface area contributed by atoms with Gasteiger partial charge in [0.15, 0.2) is 0 Å². The van der Waals surface area contributed by atoms with E-state index in [1.807, 2.05) is 0 Å². The Hall–Kier alpha value is -0.920. The molecule has 4 nitrogen and oxygen atoms in total. The van der Waals surface area contributed by atoms with Crippen molar-refractivity contribution < 1.29 is 27.9 Å². The van der Waals surface area contributed by atoms with Crippen LogP contribution in [0.2, 0.25) is 0 Å². The molecule has 1 N–H and O–H groups in total. The molecule has 8 heteroatoms. The fourth-order valence-electron chi connectivity index (χ4n) is 2.10. The van der Waals surface area contributed by atoms with Crippen LogP contribution in [0, 0.1) is 0 Å². The van der Waals surface area contributed by atoms with Crippen molar-refractivity contribution in [2.75, 3.05) is 5.75 Å². The molecule has 0 radical (unpaired) electrons. The molecule has 0 aliphatic carbocycles. The lowest BCUT2D eigenvalue weighted by Crippen LogP contribution is -2.56. The van der Waals surface area contributed by atoms with Gasteiger partial charge in [-0.25, -0.2) is 4.79 Å². The highest BCUT2D eigenvalue weighted by molar-refractivity contribution is 8.01. The summed E-state index contributed by atoms with van der Waals surface area (Å²) < 4.78 is 37.7. The molecule has 0 spiro atoms.